The molecule has 1 aliphatic heterocycles. The van der Waals surface area contributed by atoms with Gasteiger partial charge < -0.3 is 19.3 Å². The van der Waals surface area contributed by atoms with Gasteiger partial charge in [-0.3, -0.25) is 4.90 Å². The summed E-state index contributed by atoms with van der Waals surface area (Å²) in [5.74, 6) is -0.00818. The number of hydrogen-bond donors (Lipinski definition) is 1. The molecule has 1 heterocycles. The van der Waals surface area contributed by atoms with Gasteiger partial charge >= 0.3 is 5.97 Å². The number of methoxy groups -OCH3 is 2. The van der Waals surface area contributed by atoms with Gasteiger partial charge in [-0.15, -0.1) is 0 Å². The van der Waals surface area contributed by atoms with Crippen molar-refractivity contribution in [2.45, 2.75) is 25.5 Å². The van der Waals surface area contributed by atoms with Crippen molar-refractivity contribution in [3.05, 3.63) is 23.8 Å². The molecule has 1 aliphatic rings. The van der Waals surface area contributed by atoms with Crippen LogP contribution < -0.4 is 9.47 Å². The molecule has 0 radical (unpaired) electrons. The molecule has 1 aromatic rings. The number of likely N-dealkylation sites (tertiary alicyclic amines) is 1. The zero-order chi connectivity index (χ0) is 15.9. The zero-order valence-corrected chi connectivity index (χ0v) is 13.1. The number of carbonyl (C=O) groups is 1. The minimum atomic E-state index is -1.01. The monoisotopic (exact) mass is 309 g/mol. The van der Waals surface area contributed by atoms with Gasteiger partial charge in [-0.2, -0.15) is 0 Å². The number of nitrogens with zero attached hydrogens (tertiary/aromatic N) is 1. The molecule has 0 spiro atoms. The third kappa shape index (κ3) is 4.61. The number of piperidine rings is 1. The highest BCUT2D eigenvalue weighted by atomic mass is 16.5. The van der Waals surface area contributed by atoms with Gasteiger partial charge in [-0.05, 0) is 37.1 Å². The third-order valence-electron chi connectivity index (χ3n) is 3.78. The summed E-state index contributed by atoms with van der Waals surface area (Å²) in [4.78, 5) is 12.9. The van der Waals surface area contributed by atoms with E-state index >= 15 is 0 Å². The van der Waals surface area contributed by atoms with E-state index in [1.807, 2.05) is 12.1 Å². The van der Waals surface area contributed by atoms with Crippen LogP contribution in [0.4, 0.5) is 0 Å². The Labute approximate surface area is 130 Å². The zero-order valence-electron chi connectivity index (χ0n) is 13.1. The van der Waals surface area contributed by atoms with Crippen LogP contribution in [-0.4, -0.2) is 56.0 Å². The standard InChI is InChI=1S/C16H23NO5/c1-20-13-4-3-7-17(10-13)9-12-5-6-14(15(8-12)21-2)22-11-16(18)19/h5-6,8,13H,3-4,7,9-11H2,1-2H3,(H,18,19). The molecule has 1 fully saturated rings. The highest BCUT2D eigenvalue weighted by molar-refractivity contribution is 5.68. The van der Waals surface area contributed by atoms with Crippen LogP contribution in [0.3, 0.4) is 0 Å². The molecular weight excluding hydrogens is 286 g/mol. The Morgan fingerprint density at radius 2 is 2.18 bits per heavy atom. The van der Waals surface area contributed by atoms with E-state index in [2.05, 4.69) is 4.90 Å². The van der Waals surface area contributed by atoms with Crippen molar-refractivity contribution < 1.29 is 24.1 Å². The van der Waals surface area contributed by atoms with Gasteiger partial charge in [-0.1, -0.05) is 6.07 Å². The van der Waals surface area contributed by atoms with Crippen molar-refractivity contribution in [1.82, 2.24) is 4.90 Å². The molecule has 1 aromatic carbocycles. The van der Waals surface area contributed by atoms with Gasteiger partial charge in [0.15, 0.2) is 18.1 Å². The predicted octanol–water partition coefficient (Wildman–Crippen LogP) is 1.77. The summed E-state index contributed by atoms with van der Waals surface area (Å²) in [5.41, 5.74) is 1.11. The Balaban J connectivity index is 2.00. The molecule has 22 heavy (non-hydrogen) atoms. The highest BCUT2D eigenvalue weighted by Crippen LogP contribution is 2.29. The van der Waals surface area contributed by atoms with Crippen LogP contribution in [0.5, 0.6) is 11.5 Å². The minimum Gasteiger partial charge on any atom is -0.493 e. The Morgan fingerprint density at radius 3 is 2.86 bits per heavy atom. The van der Waals surface area contributed by atoms with Gasteiger partial charge in [0.2, 0.25) is 0 Å². The SMILES string of the molecule is COc1cc(CN2CCCC(OC)C2)ccc1OCC(=O)O. The molecule has 1 N–H and O–H groups in total. The Hall–Kier alpha value is -1.79. The smallest absolute Gasteiger partial charge is 0.341 e. The summed E-state index contributed by atoms with van der Waals surface area (Å²) in [6.45, 7) is 2.42. The van der Waals surface area contributed by atoms with E-state index in [0.717, 1.165) is 38.0 Å². The van der Waals surface area contributed by atoms with E-state index in [1.165, 1.54) is 0 Å². The van der Waals surface area contributed by atoms with E-state index in [9.17, 15) is 4.79 Å². The maximum Gasteiger partial charge on any atom is 0.341 e. The fraction of sp³-hybridized carbons (Fsp3) is 0.562. The van der Waals surface area contributed by atoms with Crippen LogP contribution in [-0.2, 0) is 16.1 Å². The van der Waals surface area contributed by atoms with Crippen molar-refractivity contribution in [1.29, 1.82) is 0 Å². The number of rotatable bonds is 7. The topological polar surface area (TPSA) is 68.2 Å². The van der Waals surface area contributed by atoms with Gasteiger partial charge in [0.25, 0.3) is 0 Å². The van der Waals surface area contributed by atoms with Crippen molar-refractivity contribution in [2.75, 3.05) is 33.9 Å². The maximum atomic E-state index is 10.6. The molecule has 2 rings (SSSR count). The van der Waals surface area contributed by atoms with Crippen LogP contribution in [0, 0.1) is 0 Å². The van der Waals surface area contributed by atoms with Crippen LogP contribution >= 0.6 is 0 Å². The summed E-state index contributed by atoms with van der Waals surface area (Å²) < 4.78 is 15.9. The molecule has 1 unspecified atom stereocenters. The number of aliphatic carboxylic acids is 1. The molecular formula is C16H23NO5. The predicted molar refractivity (Wildman–Crippen MR) is 81.4 cm³/mol. The number of ether oxygens (including phenoxy) is 3. The maximum absolute atomic E-state index is 10.6. The van der Waals surface area contributed by atoms with E-state index in [0.29, 0.717) is 17.6 Å². The van der Waals surface area contributed by atoms with E-state index in [-0.39, 0.29) is 6.61 Å². The Morgan fingerprint density at radius 1 is 1.36 bits per heavy atom. The van der Waals surface area contributed by atoms with Gasteiger partial charge in [0.1, 0.15) is 0 Å². The molecule has 0 amide bonds. The van der Waals surface area contributed by atoms with E-state index in [1.54, 1.807) is 20.3 Å². The van der Waals surface area contributed by atoms with Crippen molar-refractivity contribution in [2.24, 2.45) is 0 Å². The number of benzene rings is 1. The Kier molecular flexibility index (Phi) is 6.03. The fourth-order valence-corrected chi connectivity index (χ4v) is 2.68. The molecule has 6 nitrogen and oxygen atoms in total. The number of carboxylic acid groups (broad SMARTS) is 1. The molecule has 0 aromatic heterocycles. The highest BCUT2D eigenvalue weighted by Gasteiger charge is 2.19. The lowest BCUT2D eigenvalue weighted by atomic mass is 10.1. The van der Waals surface area contributed by atoms with Crippen LogP contribution in [0.15, 0.2) is 18.2 Å². The second-order valence-corrected chi connectivity index (χ2v) is 5.40. The van der Waals surface area contributed by atoms with Crippen LogP contribution in [0.25, 0.3) is 0 Å². The third-order valence-corrected chi connectivity index (χ3v) is 3.78. The fourth-order valence-electron chi connectivity index (χ4n) is 2.68. The quantitative estimate of drug-likeness (QED) is 0.828. The molecule has 0 saturated carbocycles. The van der Waals surface area contributed by atoms with E-state index in [4.69, 9.17) is 19.3 Å². The first-order valence-corrected chi connectivity index (χ1v) is 7.39. The Bertz CT molecular complexity index is 505. The van der Waals surface area contributed by atoms with Crippen molar-refractivity contribution in [3.63, 3.8) is 0 Å². The number of hydrogen-bond acceptors (Lipinski definition) is 5. The van der Waals surface area contributed by atoms with Crippen molar-refractivity contribution >= 4 is 5.97 Å². The average molecular weight is 309 g/mol. The first kappa shape index (κ1) is 16.6. The van der Waals surface area contributed by atoms with E-state index < -0.39 is 5.97 Å². The molecule has 122 valence electrons. The molecule has 0 aliphatic carbocycles. The minimum absolute atomic E-state index is 0.300. The lowest BCUT2D eigenvalue weighted by Crippen LogP contribution is -2.38. The molecule has 0 bridgehead atoms. The summed E-state index contributed by atoms with van der Waals surface area (Å²) in [7, 11) is 3.31. The van der Waals surface area contributed by atoms with Crippen LogP contribution in [0.2, 0.25) is 0 Å². The lowest BCUT2D eigenvalue weighted by Gasteiger charge is -2.31. The molecule has 1 saturated heterocycles. The molecule has 1 atom stereocenters. The summed E-state index contributed by atoms with van der Waals surface area (Å²) in [6.07, 6.45) is 2.54. The number of carboxylic acids is 1. The molecule has 6 heteroatoms. The second-order valence-electron chi connectivity index (χ2n) is 5.40. The first-order valence-electron chi connectivity index (χ1n) is 7.39. The second kappa shape index (κ2) is 8.00. The first-order chi connectivity index (χ1) is 10.6. The lowest BCUT2D eigenvalue weighted by molar-refractivity contribution is -0.139. The van der Waals surface area contributed by atoms with Crippen LogP contribution in [0.1, 0.15) is 18.4 Å². The van der Waals surface area contributed by atoms with Gasteiger partial charge in [0, 0.05) is 20.2 Å². The normalized spacial score (nSPS) is 18.9. The van der Waals surface area contributed by atoms with Gasteiger partial charge in [-0.25, -0.2) is 4.79 Å². The summed E-state index contributed by atoms with van der Waals surface area (Å²) >= 11 is 0. The van der Waals surface area contributed by atoms with Gasteiger partial charge in [0.05, 0.1) is 13.2 Å². The summed E-state index contributed by atoms with van der Waals surface area (Å²) in [5, 5.41) is 8.67. The average Bonchev–Trinajstić information content (AvgIpc) is 2.53. The largest absolute Gasteiger partial charge is 0.493 e. The van der Waals surface area contributed by atoms with Crippen molar-refractivity contribution in [3.8, 4) is 11.5 Å². The summed E-state index contributed by atoms with van der Waals surface area (Å²) in [6, 6.07) is 5.60.